The van der Waals surface area contributed by atoms with Crippen molar-refractivity contribution in [1.82, 2.24) is 10.6 Å². The third kappa shape index (κ3) is 8.99. The number of para-hydroxylation sites is 1. The number of ether oxygens (including phenoxy) is 3. The second-order valence-corrected chi connectivity index (χ2v) is 7.58. The zero-order chi connectivity index (χ0) is 21.6. The van der Waals surface area contributed by atoms with Crippen LogP contribution in [0, 0.1) is 0 Å². The second kappa shape index (κ2) is 13.7. The molecule has 6 nitrogen and oxygen atoms in total. The fourth-order valence-electron chi connectivity index (χ4n) is 3.30. The molecule has 1 heterocycles. The van der Waals surface area contributed by atoms with Crippen molar-refractivity contribution in [3.8, 4) is 5.75 Å². The van der Waals surface area contributed by atoms with Gasteiger partial charge >= 0.3 is 0 Å². The van der Waals surface area contributed by atoms with Gasteiger partial charge in [-0.2, -0.15) is 0 Å². The Hall–Kier alpha value is -2.57. The third-order valence-corrected chi connectivity index (χ3v) is 5.07. The predicted octanol–water partition coefficient (Wildman–Crippen LogP) is 3.91. The van der Waals surface area contributed by atoms with Gasteiger partial charge < -0.3 is 24.8 Å². The lowest BCUT2D eigenvalue weighted by atomic mass is 10.1. The van der Waals surface area contributed by atoms with Gasteiger partial charge in [0.1, 0.15) is 5.75 Å². The SMILES string of the molecule is CCNC(=NCc1ccc(COC2CCOCC2)cc1)NCCCOc1ccccc1. The summed E-state index contributed by atoms with van der Waals surface area (Å²) in [6.45, 7) is 7.29. The van der Waals surface area contributed by atoms with Crippen LogP contribution in [0.2, 0.25) is 0 Å². The van der Waals surface area contributed by atoms with Gasteiger partial charge in [-0.3, -0.25) is 0 Å². The highest BCUT2D eigenvalue weighted by atomic mass is 16.5. The van der Waals surface area contributed by atoms with Crippen molar-refractivity contribution >= 4 is 5.96 Å². The maximum atomic E-state index is 5.99. The second-order valence-electron chi connectivity index (χ2n) is 7.58. The van der Waals surface area contributed by atoms with E-state index in [1.165, 1.54) is 11.1 Å². The minimum atomic E-state index is 0.324. The maximum Gasteiger partial charge on any atom is 0.191 e. The molecule has 0 saturated carbocycles. The molecule has 0 unspecified atom stereocenters. The van der Waals surface area contributed by atoms with Crippen molar-refractivity contribution in [2.45, 2.75) is 45.4 Å². The quantitative estimate of drug-likeness (QED) is 0.325. The zero-order valence-corrected chi connectivity index (χ0v) is 18.5. The lowest BCUT2D eigenvalue weighted by molar-refractivity contribution is -0.0390. The number of nitrogens with zero attached hydrogens (tertiary/aromatic N) is 1. The Morgan fingerprint density at radius 1 is 1.00 bits per heavy atom. The highest BCUT2D eigenvalue weighted by molar-refractivity contribution is 5.79. The zero-order valence-electron chi connectivity index (χ0n) is 18.5. The van der Waals surface area contributed by atoms with Gasteiger partial charge in [-0.15, -0.1) is 0 Å². The first-order chi connectivity index (χ1) is 15.3. The van der Waals surface area contributed by atoms with Crippen molar-refractivity contribution in [2.24, 2.45) is 4.99 Å². The van der Waals surface area contributed by atoms with Gasteiger partial charge in [0, 0.05) is 26.3 Å². The number of rotatable bonds is 11. The van der Waals surface area contributed by atoms with E-state index in [0.29, 0.717) is 25.9 Å². The average molecular weight is 426 g/mol. The molecule has 0 amide bonds. The van der Waals surface area contributed by atoms with Crippen LogP contribution >= 0.6 is 0 Å². The Bertz CT molecular complexity index is 759. The van der Waals surface area contributed by atoms with Crippen LogP contribution in [0.3, 0.4) is 0 Å². The van der Waals surface area contributed by atoms with Crippen molar-refractivity contribution in [2.75, 3.05) is 32.9 Å². The summed E-state index contributed by atoms with van der Waals surface area (Å²) in [5, 5.41) is 6.67. The summed E-state index contributed by atoms with van der Waals surface area (Å²) in [5.74, 6) is 1.74. The van der Waals surface area contributed by atoms with Gasteiger partial charge in [0.2, 0.25) is 0 Å². The number of guanidine groups is 1. The van der Waals surface area contributed by atoms with E-state index < -0.39 is 0 Å². The van der Waals surface area contributed by atoms with E-state index in [1.807, 2.05) is 30.3 Å². The summed E-state index contributed by atoms with van der Waals surface area (Å²) in [6, 6.07) is 18.4. The van der Waals surface area contributed by atoms with Crippen LogP contribution < -0.4 is 15.4 Å². The molecule has 1 saturated heterocycles. The van der Waals surface area contributed by atoms with Gasteiger partial charge in [0.05, 0.1) is 25.9 Å². The number of benzene rings is 2. The number of hydrogen-bond acceptors (Lipinski definition) is 4. The van der Waals surface area contributed by atoms with Crippen molar-refractivity contribution in [3.05, 3.63) is 65.7 Å². The summed E-state index contributed by atoms with van der Waals surface area (Å²) in [7, 11) is 0. The smallest absolute Gasteiger partial charge is 0.191 e. The first kappa shape index (κ1) is 23.1. The molecule has 2 N–H and O–H groups in total. The Labute approximate surface area is 186 Å². The van der Waals surface area contributed by atoms with Crippen LogP contribution in [0.1, 0.15) is 37.3 Å². The van der Waals surface area contributed by atoms with Crippen molar-refractivity contribution < 1.29 is 14.2 Å². The van der Waals surface area contributed by atoms with E-state index >= 15 is 0 Å². The van der Waals surface area contributed by atoms with Crippen LogP contribution in [0.25, 0.3) is 0 Å². The van der Waals surface area contributed by atoms with E-state index in [9.17, 15) is 0 Å². The molecule has 0 atom stereocenters. The van der Waals surface area contributed by atoms with E-state index in [4.69, 9.17) is 19.2 Å². The van der Waals surface area contributed by atoms with Crippen LogP contribution in [0.4, 0.5) is 0 Å². The van der Waals surface area contributed by atoms with Gasteiger partial charge in [0.25, 0.3) is 0 Å². The lowest BCUT2D eigenvalue weighted by Gasteiger charge is -2.22. The molecule has 0 aromatic heterocycles. The summed E-state index contributed by atoms with van der Waals surface area (Å²) >= 11 is 0. The van der Waals surface area contributed by atoms with Crippen molar-refractivity contribution in [3.63, 3.8) is 0 Å². The summed E-state index contributed by atoms with van der Waals surface area (Å²) in [6.07, 6.45) is 3.21. The minimum absolute atomic E-state index is 0.324. The normalized spacial score (nSPS) is 14.9. The fraction of sp³-hybridized carbons (Fsp3) is 0.480. The average Bonchev–Trinajstić information content (AvgIpc) is 2.83. The Balaban J connectivity index is 1.37. The number of hydrogen-bond donors (Lipinski definition) is 2. The molecule has 2 aromatic rings. The lowest BCUT2D eigenvalue weighted by Crippen LogP contribution is -2.38. The molecule has 0 bridgehead atoms. The summed E-state index contributed by atoms with van der Waals surface area (Å²) in [4.78, 5) is 4.70. The molecule has 6 heteroatoms. The Morgan fingerprint density at radius 2 is 1.74 bits per heavy atom. The minimum Gasteiger partial charge on any atom is -0.494 e. The molecule has 0 radical (unpaired) electrons. The van der Waals surface area contributed by atoms with E-state index in [0.717, 1.165) is 57.3 Å². The highest BCUT2D eigenvalue weighted by Gasteiger charge is 2.13. The third-order valence-electron chi connectivity index (χ3n) is 5.07. The molecule has 168 valence electrons. The molecular formula is C25H35N3O3. The predicted molar refractivity (Wildman–Crippen MR) is 124 cm³/mol. The molecule has 1 aliphatic heterocycles. The van der Waals surface area contributed by atoms with Crippen LogP contribution in [-0.2, 0) is 22.6 Å². The Morgan fingerprint density at radius 3 is 2.48 bits per heavy atom. The number of aliphatic imine (C=N–C) groups is 1. The van der Waals surface area contributed by atoms with E-state index in [2.05, 4.69) is 41.8 Å². The Kier molecular flexibility index (Phi) is 10.2. The van der Waals surface area contributed by atoms with Gasteiger partial charge in [0.15, 0.2) is 5.96 Å². The van der Waals surface area contributed by atoms with Gasteiger partial charge in [-0.05, 0) is 49.4 Å². The molecule has 31 heavy (non-hydrogen) atoms. The first-order valence-electron chi connectivity index (χ1n) is 11.3. The summed E-state index contributed by atoms with van der Waals surface area (Å²) in [5.41, 5.74) is 2.38. The fourth-order valence-corrected chi connectivity index (χ4v) is 3.30. The van der Waals surface area contributed by atoms with Crippen LogP contribution in [-0.4, -0.2) is 45.0 Å². The van der Waals surface area contributed by atoms with Gasteiger partial charge in [-0.25, -0.2) is 4.99 Å². The standard InChI is InChI=1S/C25H35N3O3/c1-2-26-25(27-15-6-16-30-23-7-4-3-5-8-23)28-19-21-9-11-22(12-10-21)20-31-24-13-17-29-18-14-24/h3-5,7-12,24H,2,6,13-20H2,1H3,(H2,26,27,28). The maximum absolute atomic E-state index is 5.99. The molecular weight excluding hydrogens is 390 g/mol. The molecule has 1 aliphatic rings. The molecule has 0 aliphatic carbocycles. The molecule has 3 rings (SSSR count). The van der Waals surface area contributed by atoms with E-state index in [-0.39, 0.29) is 0 Å². The first-order valence-corrected chi connectivity index (χ1v) is 11.3. The largest absolute Gasteiger partial charge is 0.494 e. The molecule has 2 aromatic carbocycles. The highest BCUT2D eigenvalue weighted by Crippen LogP contribution is 2.14. The monoisotopic (exact) mass is 425 g/mol. The van der Waals surface area contributed by atoms with E-state index in [1.54, 1.807) is 0 Å². The van der Waals surface area contributed by atoms with Crippen LogP contribution in [0.5, 0.6) is 5.75 Å². The molecule has 0 spiro atoms. The topological polar surface area (TPSA) is 64.1 Å². The number of nitrogens with one attached hydrogen (secondary N) is 2. The van der Waals surface area contributed by atoms with Gasteiger partial charge in [-0.1, -0.05) is 42.5 Å². The summed E-state index contributed by atoms with van der Waals surface area (Å²) < 4.78 is 17.1. The van der Waals surface area contributed by atoms with Crippen LogP contribution in [0.15, 0.2) is 59.6 Å². The van der Waals surface area contributed by atoms with Crippen molar-refractivity contribution in [1.29, 1.82) is 0 Å². The molecule has 1 fully saturated rings.